The minimum absolute atomic E-state index is 0.296. The molecule has 0 aromatic heterocycles. The van der Waals surface area contributed by atoms with Crippen molar-refractivity contribution in [3.63, 3.8) is 0 Å². The van der Waals surface area contributed by atoms with Gasteiger partial charge in [-0.15, -0.1) is 0 Å². The average molecular weight is 358 g/mol. The molecular formula is C25H26O2. The van der Waals surface area contributed by atoms with E-state index >= 15 is 0 Å². The van der Waals surface area contributed by atoms with Crippen molar-refractivity contribution < 1.29 is 9.47 Å². The van der Waals surface area contributed by atoms with Gasteiger partial charge in [0.1, 0.15) is 5.60 Å². The first-order chi connectivity index (χ1) is 13.2. The molecule has 3 atom stereocenters. The van der Waals surface area contributed by atoms with Crippen molar-refractivity contribution in [1.82, 2.24) is 0 Å². The van der Waals surface area contributed by atoms with Crippen molar-refractivity contribution >= 4 is 0 Å². The molecule has 0 aliphatic carbocycles. The standard InChI is InChI=1S/C25H26O2/c1-19(24-20(2)27-24)18-26-25(21-12-6-3-7-13-21,22-14-8-4-9-15-22)23-16-10-5-11-17-23/h3-17,19-20,24H,18H2,1-2H3. The topological polar surface area (TPSA) is 21.8 Å². The lowest BCUT2D eigenvalue weighted by Crippen LogP contribution is -2.35. The normalized spacial score (nSPS) is 20.2. The van der Waals surface area contributed by atoms with Crippen LogP contribution in [-0.2, 0) is 15.1 Å². The van der Waals surface area contributed by atoms with Gasteiger partial charge in [0.15, 0.2) is 0 Å². The zero-order valence-corrected chi connectivity index (χ0v) is 15.9. The maximum Gasteiger partial charge on any atom is 0.143 e. The van der Waals surface area contributed by atoms with Crippen LogP contribution in [0.25, 0.3) is 0 Å². The fourth-order valence-electron chi connectivity index (χ4n) is 3.92. The van der Waals surface area contributed by atoms with Crippen LogP contribution in [-0.4, -0.2) is 18.8 Å². The molecule has 2 nitrogen and oxygen atoms in total. The van der Waals surface area contributed by atoms with Gasteiger partial charge in [-0.05, 0) is 23.6 Å². The highest BCUT2D eigenvalue weighted by molar-refractivity contribution is 5.47. The van der Waals surface area contributed by atoms with E-state index in [1.807, 2.05) is 18.2 Å². The molecule has 3 unspecified atom stereocenters. The minimum atomic E-state index is -0.643. The third-order valence-corrected chi connectivity index (χ3v) is 5.42. The number of hydrogen-bond donors (Lipinski definition) is 0. The molecule has 0 amide bonds. The van der Waals surface area contributed by atoms with Gasteiger partial charge in [0.2, 0.25) is 0 Å². The van der Waals surface area contributed by atoms with E-state index in [2.05, 4.69) is 86.6 Å². The van der Waals surface area contributed by atoms with Crippen LogP contribution in [0.5, 0.6) is 0 Å². The first-order valence-corrected chi connectivity index (χ1v) is 9.68. The van der Waals surface area contributed by atoms with Crippen LogP contribution in [0, 0.1) is 5.92 Å². The van der Waals surface area contributed by atoms with Crippen molar-refractivity contribution in [2.75, 3.05) is 6.61 Å². The van der Waals surface area contributed by atoms with Crippen LogP contribution in [0.3, 0.4) is 0 Å². The van der Waals surface area contributed by atoms with Crippen LogP contribution in [0.2, 0.25) is 0 Å². The van der Waals surface area contributed by atoms with E-state index in [0.29, 0.717) is 24.7 Å². The fourth-order valence-corrected chi connectivity index (χ4v) is 3.92. The van der Waals surface area contributed by atoms with Gasteiger partial charge in [-0.3, -0.25) is 0 Å². The predicted octanol–water partition coefficient (Wildman–Crippen LogP) is 5.42. The highest BCUT2D eigenvalue weighted by atomic mass is 16.6. The maximum absolute atomic E-state index is 6.82. The lowest BCUT2D eigenvalue weighted by Gasteiger charge is -2.36. The zero-order valence-electron chi connectivity index (χ0n) is 15.9. The molecule has 27 heavy (non-hydrogen) atoms. The van der Waals surface area contributed by atoms with Crippen molar-refractivity contribution in [2.45, 2.75) is 31.7 Å². The first kappa shape index (κ1) is 18.0. The average Bonchev–Trinajstić information content (AvgIpc) is 3.47. The quantitative estimate of drug-likeness (QED) is 0.415. The summed E-state index contributed by atoms with van der Waals surface area (Å²) in [4.78, 5) is 0. The molecule has 0 bridgehead atoms. The Morgan fingerprint density at radius 1 is 0.778 bits per heavy atom. The number of rotatable bonds is 7. The summed E-state index contributed by atoms with van der Waals surface area (Å²) in [5.41, 5.74) is 2.77. The Balaban J connectivity index is 1.81. The van der Waals surface area contributed by atoms with Gasteiger partial charge in [-0.25, -0.2) is 0 Å². The van der Waals surface area contributed by atoms with Gasteiger partial charge in [0.25, 0.3) is 0 Å². The highest BCUT2D eigenvalue weighted by Gasteiger charge is 2.42. The second-order valence-corrected chi connectivity index (χ2v) is 7.37. The Morgan fingerprint density at radius 2 is 1.15 bits per heavy atom. The molecule has 2 heteroatoms. The van der Waals surface area contributed by atoms with E-state index < -0.39 is 5.60 Å². The Morgan fingerprint density at radius 3 is 1.48 bits per heavy atom. The summed E-state index contributed by atoms with van der Waals surface area (Å²) >= 11 is 0. The van der Waals surface area contributed by atoms with Crippen molar-refractivity contribution in [2.24, 2.45) is 5.92 Å². The van der Waals surface area contributed by atoms with E-state index in [1.54, 1.807) is 0 Å². The second kappa shape index (κ2) is 7.67. The van der Waals surface area contributed by atoms with Crippen LogP contribution in [0.1, 0.15) is 30.5 Å². The van der Waals surface area contributed by atoms with Crippen LogP contribution >= 0.6 is 0 Å². The molecule has 3 aromatic rings. The molecule has 0 radical (unpaired) electrons. The molecule has 4 rings (SSSR count). The summed E-state index contributed by atoms with van der Waals surface area (Å²) in [5.74, 6) is 0.343. The third-order valence-electron chi connectivity index (χ3n) is 5.42. The molecule has 3 aromatic carbocycles. The molecule has 1 saturated heterocycles. The Kier molecular flexibility index (Phi) is 5.11. The van der Waals surface area contributed by atoms with Gasteiger partial charge in [0.05, 0.1) is 18.8 Å². The molecular weight excluding hydrogens is 332 g/mol. The summed E-state index contributed by atoms with van der Waals surface area (Å²) in [5, 5.41) is 0. The molecule has 0 saturated carbocycles. The van der Waals surface area contributed by atoms with Gasteiger partial charge in [-0.2, -0.15) is 0 Å². The van der Waals surface area contributed by atoms with Crippen molar-refractivity contribution in [3.05, 3.63) is 108 Å². The van der Waals surface area contributed by atoms with Gasteiger partial charge >= 0.3 is 0 Å². The summed E-state index contributed by atoms with van der Waals surface area (Å²) in [6, 6.07) is 31.5. The fraction of sp³-hybridized carbons (Fsp3) is 0.280. The zero-order chi connectivity index (χ0) is 18.7. The molecule has 1 aliphatic rings. The summed E-state index contributed by atoms with van der Waals surface area (Å²) in [7, 11) is 0. The van der Waals surface area contributed by atoms with Crippen LogP contribution in [0.4, 0.5) is 0 Å². The summed E-state index contributed by atoms with van der Waals surface area (Å²) in [6.07, 6.45) is 0.633. The van der Waals surface area contributed by atoms with Crippen LogP contribution in [0.15, 0.2) is 91.0 Å². The molecule has 1 aliphatic heterocycles. The van der Waals surface area contributed by atoms with Gasteiger partial charge in [0, 0.05) is 5.92 Å². The van der Waals surface area contributed by atoms with E-state index in [1.165, 1.54) is 0 Å². The van der Waals surface area contributed by atoms with Crippen molar-refractivity contribution in [1.29, 1.82) is 0 Å². The number of hydrogen-bond acceptors (Lipinski definition) is 2. The summed E-state index contributed by atoms with van der Waals surface area (Å²) in [6.45, 7) is 4.97. The Bertz CT molecular complexity index is 749. The maximum atomic E-state index is 6.82. The van der Waals surface area contributed by atoms with Gasteiger partial charge < -0.3 is 9.47 Å². The second-order valence-electron chi connectivity index (χ2n) is 7.37. The number of benzene rings is 3. The SMILES string of the molecule is CC(COC(c1ccccc1)(c1ccccc1)c1ccccc1)C1OC1C. The molecule has 1 fully saturated rings. The molecule has 1 heterocycles. The Labute approximate surface area is 161 Å². The van der Waals surface area contributed by atoms with E-state index in [0.717, 1.165) is 16.7 Å². The van der Waals surface area contributed by atoms with Crippen molar-refractivity contribution in [3.8, 4) is 0 Å². The van der Waals surface area contributed by atoms with E-state index in [-0.39, 0.29) is 0 Å². The van der Waals surface area contributed by atoms with Gasteiger partial charge in [-0.1, -0.05) is 97.9 Å². The largest absolute Gasteiger partial charge is 0.370 e. The first-order valence-electron chi connectivity index (χ1n) is 9.68. The molecule has 0 spiro atoms. The molecule has 138 valence electrons. The molecule has 0 N–H and O–H groups in total. The smallest absolute Gasteiger partial charge is 0.143 e. The minimum Gasteiger partial charge on any atom is -0.370 e. The predicted molar refractivity (Wildman–Crippen MR) is 109 cm³/mol. The van der Waals surface area contributed by atoms with Crippen LogP contribution < -0.4 is 0 Å². The number of epoxide rings is 1. The Hall–Kier alpha value is -2.42. The lowest BCUT2D eigenvalue weighted by atomic mass is 9.80. The van der Waals surface area contributed by atoms with E-state index in [9.17, 15) is 0 Å². The lowest BCUT2D eigenvalue weighted by molar-refractivity contribution is -0.00959. The summed E-state index contributed by atoms with van der Waals surface area (Å²) < 4.78 is 12.5. The van der Waals surface area contributed by atoms with E-state index in [4.69, 9.17) is 9.47 Å². The third kappa shape index (κ3) is 3.55. The monoisotopic (exact) mass is 358 g/mol. The number of ether oxygens (including phenoxy) is 2. The highest BCUT2D eigenvalue weighted by Crippen LogP contribution is 2.41.